The lowest BCUT2D eigenvalue weighted by molar-refractivity contribution is -0.113. The van der Waals surface area contributed by atoms with Crippen LogP contribution in [0.2, 0.25) is 5.02 Å². The van der Waals surface area contributed by atoms with E-state index in [0.717, 1.165) is 11.1 Å². The SMILES string of the molecule is O=C(CSCCNC(=O)OCC1c2ccccc2-c2ccccc21)Nc1ccc(Cl)cc1C(=O)O. The number of amides is 2. The third-order valence-electron chi connectivity index (χ3n) is 5.58. The molecular weight excluding hydrogens is 488 g/mol. The second kappa shape index (κ2) is 11.3. The zero-order chi connectivity index (χ0) is 24.8. The first-order chi connectivity index (χ1) is 16.9. The van der Waals surface area contributed by atoms with Crippen LogP contribution < -0.4 is 10.6 Å². The molecule has 180 valence electrons. The molecule has 2 amide bonds. The minimum atomic E-state index is -1.18. The van der Waals surface area contributed by atoms with Crippen molar-refractivity contribution in [2.24, 2.45) is 0 Å². The number of anilines is 1. The lowest BCUT2D eigenvalue weighted by Crippen LogP contribution is -2.28. The molecule has 35 heavy (non-hydrogen) atoms. The van der Waals surface area contributed by atoms with Crippen molar-refractivity contribution in [2.75, 3.05) is 30.0 Å². The van der Waals surface area contributed by atoms with E-state index in [1.165, 1.54) is 41.1 Å². The fraction of sp³-hybridized carbons (Fsp3) is 0.192. The van der Waals surface area contributed by atoms with Crippen molar-refractivity contribution in [3.8, 4) is 11.1 Å². The molecule has 0 saturated heterocycles. The second-order valence-corrected chi connectivity index (χ2v) is 9.39. The number of nitrogens with one attached hydrogen (secondary N) is 2. The minimum Gasteiger partial charge on any atom is -0.478 e. The van der Waals surface area contributed by atoms with Crippen LogP contribution in [0.1, 0.15) is 27.4 Å². The maximum atomic E-state index is 12.2. The molecule has 0 atom stereocenters. The van der Waals surface area contributed by atoms with E-state index in [4.69, 9.17) is 16.3 Å². The standard InChI is InChI=1S/C26H23ClN2O5S/c27-16-9-10-23(21(13-16)25(31)32)29-24(30)15-35-12-11-28-26(33)34-14-22-19-7-3-1-5-17(19)18-6-2-4-8-20(18)22/h1-10,13,22H,11-12,14-15H2,(H,28,33)(H,29,30)(H,31,32). The predicted molar refractivity (Wildman–Crippen MR) is 137 cm³/mol. The second-order valence-electron chi connectivity index (χ2n) is 7.85. The van der Waals surface area contributed by atoms with Gasteiger partial charge in [-0.15, -0.1) is 0 Å². The molecule has 1 aliphatic carbocycles. The van der Waals surface area contributed by atoms with E-state index < -0.39 is 12.1 Å². The first-order valence-electron chi connectivity index (χ1n) is 10.9. The van der Waals surface area contributed by atoms with Gasteiger partial charge in [0.1, 0.15) is 6.61 Å². The number of halogens is 1. The molecule has 3 N–H and O–H groups in total. The van der Waals surface area contributed by atoms with Crippen molar-refractivity contribution in [3.63, 3.8) is 0 Å². The topological polar surface area (TPSA) is 105 Å². The van der Waals surface area contributed by atoms with Crippen molar-refractivity contribution in [1.29, 1.82) is 0 Å². The number of hydrogen-bond donors (Lipinski definition) is 3. The number of thioether (sulfide) groups is 1. The summed E-state index contributed by atoms with van der Waals surface area (Å²) in [6.45, 7) is 0.568. The Balaban J connectivity index is 1.19. The van der Waals surface area contributed by atoms with Crippen molar-refractivity contribution < 1.29 is 24.2 Å². The number of rotatable bonds is 9. The van der Waals surface area contributed by atoms with E-state index >= 15 is 0 Å². The lowest BCUT2D eigenvalue weighted by atomic mass is 9.98. The van der Waals surface area contributed by atoms with Gasteiger partial charge in [0.15, 0.2) is 0 Å². The molecule has 0 spiro atoms. The van der Waals surface area contributed by atoms with Gasteiger partial charge < -0.3 is 20.5 Å². The van der Waals surface area contributed by atoms with Crippen LogP contribution in [0, 0.1) is 0 Å². The van der Waals surface area contributed by atoms with Gasteiger partial charge in [0, 0.05) is 23.2 Å². The average molecular weight is 511 g/mol. The summed E-state index contributed by atoms with van der Waals surface area (Å²) in [5.41, 5.74) is 4.74. The summed E-state index contributed by atoms with van der Waals surface area (Å²) in [5, 5.41) is 14.8. The number of ether oxygens (including phenoxy) is 1. The van der Waals surface area contributed by atoms with Crippen molar-refractivity contribution in [1.82, 2.24) is 5.32 Å². The molecule has 9 heteroatoms. The van der Waals surface area contributed by atoms with E-state index in [1.54, 1.807) is 0 Å². The van der Waals surface area contributed by atoms with E-state index in [2.05, 4.69) is 34.9 Å². The zero-order valence-electron chi connectivity index (χ0n) is 18.6. The van der Waals surface area contributed by atoms with Crippen LogP contribution in [0.4, 0.5) is 10.5 Å². The number of carboxylic acid groups (broad SMARTS) is 1. The molecule has 0 fully saturated rings. The minimum absolute atomic E-state index is 0.00483. The monoisotopic (exact) mass is 510 g/mol. The third-order valence-corrected chi connectivity index (χ3v) is 6.77. The van der Waals surface area contributed by atoms with Crippen LogP contribution >= 0.6 is 23.4 Å². The number of benzene rings is 3. The predicted octanol–water partition coefficient (Wildman–Crippen LogP) is 5.25. The summed E-state index contributed by atoms with van der Waals surface area (Å²) in [4.78, 5) is 35.7. The molecule has 3 aromatic carbocycles. The highest BCUT2D eigenvalue weighted by Crippen LogP contribution is 2.44. The van der Waals surface area contributed by atoms with Gasteiger partial charge in [-0.25, -0.2) is 9.59 Å². The molecular formula is C26H23ClN2O5S. The fourth-order valence-corrected chi connectivity index (χ4v) is 4.85. The summed E-state index contributed by atoms with van der Waals surface area (Å²) in [7, 11) is 0. The van der Waals surface area contributed by atoms with Crippen LogP contribution in [0.5, 0.6) is 0 Å². The average Bonchev–Trinajstić information content (AvgIpc) is 3.17. The highest BCUT2D eigenvalue weighted by atomic mass is 35.5. The van der Waals surface area contributed by atoms with Crippen LogP contribution in [-0.2, 0) is 9.53 Å². The summed E-state index contributed by atoms with van der Waals surface area (Å²) < 4.78 is 5.49. The highest BCUT2D eigenvalue weighted by molar-refractivity contribution is 7.99. The number of alkyl carbamates (subject to hydrolysis) is 1. The van der Waals surface area contributed by atoms with E-state index in [1.807, 2.05) is 24.3 Å². The number of carbonyl (C=O) groups is 3. The van der Waals surface area contributed by atoms with E-state index in [-0.39, 0.29) is 40.5 Å². The molecule has 0 aromatic heterocycles. The summed E-state index contributed by atoms with van der Waals surface area (Å²) in [5.74, 6) is -0.934. The smallest absolute Gasteiger partial charge is 0.407 e. The number of carbonyl (C=O) groups excluding carboxylic acids is 2. The Hall–Kier alpha value is -3.49. The maximum Gasteiger partial charge on any atom is 0.407 e. The number of hydrogen-bond acceptors (Lipinski definition) is 5. The zero-order valence-corrected chi connectivity index (χ0v) is 20.2. The van der Waals surface area contributed by atoms with Crippen LogP contribution in [0.15, 0.2) is 66.7 Å². The highest BCUT2D eigenvalue weighted by Gasteiger charge is 2.28. The third kappa shape index (κ3) is 5.96. The van der Waals surface area contributed by atoms with Gasteiger partial charge in [0.2, 0.25) is 5.91 Å². The van der Waals surface area contributed by atoms with Gasteiger partial charge in [0.25, 0.3) is 0 Å². The van der Waals surface area contributed by atoms with Crippen molar-refractivity contribution in [2.45, 2.75) is 5.92 Å². The number of aromatic carboxylic acids is 1. The Kier molecular flexibility index (Phi) is 7.94. The van der Waals surface area contributed by atoms with Gasteiger partial charge in [-0.3, -0.25) is 4.79 Å². The van der Waals surface area contributed by atoms with Gasteiger partial charge in [-0.1, -0.05) is 60.1 Å². The molecule has 0 aliphatic heterocycles. The van der Waals surface area contributed by atoms with Gasteiger partial charge in [-0.05, 0) is 40.5 Å². The van der Waals surface area contributed by atoms with E-state index in [0.29, 0.717) is 12.3 Å². The van der Waals surface area contributed by atoms with Crippen molar-refractivity contribution >= 4 is 47.0 Å². The molecule has 4 rings (SSSR count). The quantitative estimate of drug-likeness (QED) is 0.340. The molecule has 0 unspecified atom stereocenters. The largest absolute Gasteiger partial charge is 0.478 e. The molecule has 7 nitrogen and oxygen atoms in total. The maximum absolute atomic E-state index is 12.2. The van der Waals surface area contributed by atoms with Crippen LogP contribution in [-0.4, -0.2) is 47.7 Å². The first kappa shape index (κ1) is 24.6. The Labute approximate surface area is 211 Å². The Morgan fingerprint density at radius 1 is 0.971 bits per heavy atom. The summed E-state index contributed by atoms with van der Waals surface area (Å²) in [6.07, 6.45) is -0.510. The normalized spacial score (nSPS) is 11.9. The fourth-order valence-electron chi connectivity index (χ4n) is 4.03. The summed E-state index contributed by atoms with van der Waals surface area (Å²) >= 11 is 7.13. The molecule has 0 saturated carbocycles. The molecule has 0 radical (unpaired) electrons. The molecule has 1 aliphatic rings. The van der Waals surface area contributed by atoms with Crippen LogP contribution in [0.3, 0.4) is 0 Å². The Morgan fingerprint density at radius 2 is 1.63 bits per heavy atom. The number of carboxylic acids is 1. The van der Waals surface area contributed by atoms with Gasteiger partial charge in [0.05, 0.1) is 17.0 Å². The van der Waals surface area contributed by atoms with E-state index in [9.17, 15) is 19.5 Å². The van der Waals surface area contributed by atoms with Crippen molar-refractivity contribution in [3.05, 3.63) is 88.4 Å². The first-order valence-corrected chi connectivity index (χ1v) is 12.5. The van der Waals surface area contributed by atoms with Gasteiger partial charge >= 0.3 is 12.1 Å². The molecule has 0 heterocycles. The molecule has 3 aromatic rings. The number of fused-ring (bicyclic) bond motifs is 3. The van der Waals surface area contributed by atoms with Gasteiger partial charge in [-0.2, -0.15) is 11.8 Å². The lowest BCUT2D eigenvalue weighted by Gasteiger charge is -2.14. The summed E-state index contributed by atoms with van der Waals surface area (Å²) in [6, 6.07) is 20.5. The molecule has 0 bridgehead atoms. The Morgan fingerprint density at radius 3 is 2.29 bits per heavy atom. The Bertz CT molecular complexity index is 1220. The van der Waals surface area contributed by atoms with Crippen LogP contribution in [0.25, 0.3) is 11.1 Å².